The van der Waals surface area contributed by atoms with Crippen LogP contribution in [0.2, 0.25) is 0 Å². The van der Waals surface area contributed by atoms with Crippen LogP contribution in [0, 0.1) is 13.8 Å². The molecule has 2 N–H and O–H groups in total. The van der Waals surface area contributed by atoms with Gasteiger partial charge in [0.15, 0.2) is 0 Å². The van der Waals surface area contributed by atoms with E-state index in [4.69, 9.17) is 4.98 Å². The lowest BCUT2D eigenvalue weighted by molar-refractivity contribution is 0.102. The van der Waals surface area contributed by atoms with Crippen LogP contribution in [-0.2, 0) is 0 Å². The number of para-hydroxylation sites is 3. The van der Waals surface area contributed by atoms with Crippen LogP contribution in [0.4, 0.5) is 5.95 Å². The molecule has 0 radical (unpaired) electrons. The SMILES string of the molecule is Cc1ccc(-c2cc(C(=O)Nc3nc4ccccc4[nH]3)c3ccccc3n2)c(C)c1. The highest BCUT2D eigenvalue weighted by Gasteiger charge is 2.16. The number of hydrogen-bond donors (Lipinski definition) is 2. The highest BCUT2D eigenvalue weighted by atomic mass is 16.1. The number of aromatic amines is 1. The van der Waals surface area contributed by atoms with Gasteiger partial charge in [-0.3, -0.25) is 10.1 Å². The summed E-state index contributed by atoms with van der Waals surface area (Å²) in [5.41, 5.74) is 7.15. The Morgan fingerprint density at radius 2 is 1.63 bits per heavy atom. The number of anilines is 1. The molecule has 1 amide bonds. The van der Waals surface area contributed by atoms with Crippen LogP contribution in [0.3, 0.4) is 0 Å². The zero-order valence-electron chi connectivity index (χ0n) is 16.7. The molecule has 3 aromatic carbocycles. The van der Waals surface area contributed by atoms with E-state index in [0.29, 0.717) is 11.5 Å². The number of pyridine rings is 1. The van der Waals surface area contributed by atoms with Crippen LogP contribution in [0.5, 0.6) is 0 Å². The number of H-pyrrole nitrogens is 1. The molecule has 5 aromatic rings. The van der Waals surface area contributed by atoms with Crippen molar-refractivity contribution < 1.29 is 4.79 Å². The summed E-state index contributed by atoms with van der Waals surface area (Å²) in [7, 11) is 0. The third kappa shape index (κ3) is 3.20. The summed E-state index contributed by atoms with van der Waals surface area (Å²) >= 11 is 0. The largest absolute Gasteiger partial charge is 0.324 e. The zero-order valence-corrected chi connectivity index (χ0v) is 16.7. The topological polar surface area (TPSA) is 70.7 Å². The predicted octanol–water partition coefficient (Wildman–Crippen LogP) is 5.65. The van der Waals surface area contributed by atoms with Gasteiger partial charge in [0, 0.05) is 10.9 Å². The summed E-state index contributed by atoms with van der Waals surface area (Å²) in [6.07, 6.45) is 0. The number of hydrogen-bond acceptors (Lipinski definition) is 3. The fraction of sp³-hybridized carbons (Fsp3) is 0.0800. The van der Waals surface area contributed by atoms with Crippen molar-refractivity contribution in [2.75, 3.05) is 5.32 Å². The minimum absolute atomic E-state index is 0.223. The van der Waals surface area contributed by atoms with Crippen molar-refractivity contribution in [3.05, 3.63) is 89.5 Å². The Morgan fingerprint density at radius 3 is 2.43 bits per heavy atom. The summed E-state index contributed by atoms with van der Waals surface area (Å²) in [6, 6.07) is 23.5. The average molecular weight is 392 g/mol. The van der Waals surface area contributed by atoms with E-state index >= 15 is 0 Å². The van der Waals surface area contributed by atoms with Gasteiger partial charge in [-0.1, -0.05) is 54.1 Å². The molecule has 0 unspecified atom stereocenters. The number of benzene rings is 3. The van der Waals surface area contributed by atoms with E-state index in [1.807, 2.05) is 54.6 Å². The maximum absolute atomic E-state index is 13.2. The molecular weight excluding hydrogens is 372 g/mol. The maximum atomic E-state index is 13.2. The second kappa shape index (κ2) is 7.12. The molecule has 0 atom stereocenters. The summed E-state index contributed by atoms with van der Waals surface area (Å²) in [5, 5.41) is 3.71. The van der Waals surface area contributed by atoms with Gasteiger partial charge >= 0.3 is 0 Å². The number of aromatic nitrogens is 3. The minimum atomic E-state index is -0.223. The molecule has 146 valence electrons. The molecule has 30 heavy (non-hydrogen) atoms. The van der Waals surface area contributed by atoms with Crippen LogP contribution >= 0.6 is 0 Å². The van der Waals surface area contributed by atoms with Crippen molar-refractivity contribution in [3.8, 4) is 11.3 Å². The smallest absolute Gasteiger partial charge is 0.258 e. The monoisotopic (exact) mass is 392 g/mol. The van der Waals surface area contributed by atoms with Gasteiger partial charge in [0.05, 0.1) is 27.8 Å². The van der Waals surface area contributed by atoms with Crippen LogP contribution in [0.15, 0.2) is 72.8 Å². The predicted molar refractivity (Wildman–Crippen MR) is 121 cm³/mol. The molecule has 5 rings (SSSR count). The molecule has 5 heteroatoms. The van der Waals surface area contributed by atoms with Crippen molar-refractivity contribution >= 4 is 33.8 Å². The molecule has 0 aliphatic heterocycles. The summed E-state index contributed by atoms with van der Waals surface area (Å²) < 4.78 is 0. The number of aryl methyl sites for hydroxylation is 2. The van der Waals surface area contributed by atoms with Gasteiger partial charge in [-0.25, -0.2) is 9.97 Å². The standard InChI is InChI=1S/C25H20N4O/c1-15-11-12-17(16(2)13-15)23-14-19(18-7-3-4-8-20(18)26-23)24(30)29-25-27-21-9-5-6-10-22(21)28-25/h3-14H,1-2H3,(H2,27,28,29,30). The third-order valence-corrected chi connectivity index (χ3v) is 5.24. The molecule has 0 fully saturated rings. The number of nitrogens with zero attached hydrogens (tertiary/aromatic N) is 2. The lowest BCUT2D eigenvalue weighted by atomic mass is 9.99. The molecule has 0 saturated carbocycles. The number of amides is 1. The highest BCUT2D eigenvalue weighted by Crippen LogP contribution is 2.28. The normalized spacial score (nSPS) is 11.1. The Morgan fingerprint density at radius 1 is 0.867 bits per heavy atom. The molecule has 0 saturated heterocycles. The highest BCUT2D eigenvalue weighted by molar-refractivity contribution is 6.12. The summed E-state index contributed by atoms with van der Waals surface area (Å²) in [4.78, 5) is 25.7. The van der Waals surface area contributed by atoms with Crippen molar-refractivity contribution in [3.63, 3.8) is 0 Å². The number of carbonyl (C=O) groups is 1. The number of rotatable bonds is 3. The van der Waals surface area contributed by atoms with Gasteiger partial charge in [-0.2, -0.15) is 0 Å². The first-order valence-electron chi connectivity index (χ1n) is 9.82. The summed E-state index contributed by atoms with van der Waals surface area (Å²) in [5.74, 6) is 0.203. The van der Waals surface area contributed by atoms with Crippen molar-refractivity contribution in [2.45, 2.75) is 13.8 Å². The Hall–Kier alpha value is -3.99. The van der Waals surface area contributed by atoms with Crippen molar-refractivity contribution in [1.29, 1.82) is 0 Å². The van der Waals surface area contributed by atoms with E-state index in [-0.39, 0.29) is 5.91 Å². The first-order chi connectivity index (χ1) is 14.6. The van der Waals surface area contributed by atoms with Crippen LogP contribution in [0.1, 0.15) is 21.5 Å². The number of fused-ring (bicyclic) bond motifs is 2. The molecule has 0 spiro atoms. The van der Waals surface area contributed by atoms with Gasteiger partial charge in [0.1, 0.15) is 0 Å². The molecule has 5 nitrogen and oxygen atoms in total. The third-order valence-electron chi connectivity index (χ3n) is 5.24. The molecule has 2 heterocycles. The van der Waals surface area contributed by atoms with Gasteiger partial charge in [-0.05, 0) is 43.7 Å². The van der Waals surface area contributed by atoms with E-state index in [1.165, 1.54) is 5.56 Å². The summed E-state index contributed by atoms with van der Waals surface area (Å²) in [6.45, 7) is 4.13. The number of imidazole rings is 1. The van der Waals surface area contributed by atoms with Gasteiger partial charge in [0.25, 0.3) is 5.91 Å². The molecule has 2 aromatic heterocycles. The van der Waals surface area contributed by atoms with Crippen LogP contribution < -0.4 is 5.32 Å². The van der Waals surface area contributed by atoms with E-state index in [0.717, 1.165) is 38.8 Å². The number of nitrogens with one attached hydrogen (secondary N) is 2. The zero-order chi connectivity index (χ0) is 20.7. The van der Waals surface area contributed by atoms with Crippen LogP contribution in [-0.4, -0.2) is 20.9 Å². The minimum Gasteiger partial charge on any atom is -0.324 e. The van der Waals surface area contributed by atoms with E-state index in [1.54, 1.807) is 0 Å². The lowest BCUT2D eigenvalue weighted by Gasteiger charge is -2.11. The van der Waals surface area contributed by atoms with Crippen molar-refractivity contribution in [2.24, 2.45) is 0 Å². The fourth-order valence-corrected chi connectivity index (χ4v) is 3.79. The second-order valence-electron chi connectivity index (χ2n) is 7.45. The first kappa shape index (κ1) is 18.1. The molecule has 0 aliphatic carbocycles. The Labute approximate surface area is 173 Å². The lowest BCUT2D eigenvalue weighted by Crippen LogP contribution is -2.14. The average Bonchev–Trinajstić information content (AvgIpc) is 3.15. The van der Waals surface area contributed by atoms with Gasteiger partial charge in [0.2, 0.25) is 5.95 Å². The van der Waals surface area contributed by atoms with Crippen LogP contribution in [0.25, 0.3) is 33.2 Å². The molecule has 0 aliphatic rings. The fourth-order valence-electron chi connectivity index (χ4n) is 3.79. The number of carbonyl (C=O) groups excluding carboxylic acids is 1. The Kier molecular flexibility index (Phi) is 4.29. The Balaban J connectivity index is 1.60. The van der Waals surface area contributed by atoms with Gasteiger partial charge in [-0.15, -0.1) is 0 Å². The van der Waals surface area contributed by atoms with E-state index in [9.17, 15) is 4.79 Å². The van der Waals surface area contributed by atoms with Crippen molar-refractivity contribution in [1.82, 2.24) is 15.0 Å². The first-order valence-corrected chi connectivity index (χ1v) is 9.82. The second-order valence-corrected chi connectivity index (χ2v) is 7.45. The molecular formula is C25H20N4O. The van der Waals surface area contributed by atoms with E-state index < -0.39 is 0 Å². The van der Waals surface area contributed by atoms with E-state index in [2.05, 4.69) is 47.3 Å². The van der Waals surface area contributed by atoms with Gasteiger partial charge < -0.3 is 4.98 Å². The molecule has 0 bridgehead atoms. The Bertz CT molecular complexity index is 1380. The maximum Gasteiger partial charge on any atom is 0.258 e. The quantitative estimate of drug-likeness (QED) is 0.417.